The van der Waals surface area contributed by atoms with Gasteiger partial charge in [0.25, 0.3) is 0 Å². The molecule has 0 radical (unpaired) electrons. The molecule has 134 valence electrons. The number of nitrogens with zero attached hydrogens (tertiary/aromatic N) is 4. The molecule has 2 heterocycles. The van der Waals surface area contributed by atoms with Gasteiger partial charge < -0.3 is 4.57 Å². The largest absolute Gasteiger partial charge is 0.315 e. The molecule has 0 bridgehead atoms. The molecule has 0 saturated carbocycles. The second-order valence-electron chi connectivity index (χ2n) is 6.16. The van der Waals surface area contributed by atoms with E-state index in [1.807, 2.05) is 42.5 Å². The third-order valence-electron chi connectivity index (χ3n) is 3.85. The number of benzene rings is 1. The second-order valence-corrected chi connectivity index (χ2v) is 7.65. The van der Waals surface area contributed by atoms with E-state index in [2.05, 4.69) is 28.5 Å². The maximum atomic E-state index is 7.28. The van der Waals surface area contributed by atoms with Gasteiger partial charge in [-0.05, 0) is 36.2 Å². The number of aromatic nitrogens is 3. The van der Waals surface area contributed by atoms with Crippen molar-refractivity contribution in [3.63, 3.8) is 0 Å². The molecule has 1 aromatic carbocycles. The Balaban J connectivity index is 2.07. The van der Waals surface area contributed by atoms with E-state index in [-0.39, 0.29) is 12.5 Å². The molecule has 0 aliphatic carbocycles. The quantitative estimate of drug-likeness (QED) is 0.523. The number of nitrogens with one attached hydrogen (secondary N) is 1. The highest BCUT2D eigenvalue weighted by Gasteiger charge is 2.21. The van der Waals surface area contributed by atoms with Gasteiger partial charge in [-0.2, -0.15) is 5.11 Å². The van der Waals surface area contributed by atoms with Crippen LogP contribution in [0.2, 0.25) is 5.02 Å². The summed E-state index contributed by atoms with van der Waals surface area (Å²) in [5.41, 5.74) is 9.23. The minimum absolute atomic E-state index is 0.253. The van der Waals surface area contributed by atoms with E-state index in [1.165, 1.54) is 0 Å². The van der Waals surface area contributed by atoms with Gasteiger partial charge in [0.15, 0.2) is 0 Å². The first-order valence-electron chi connectivity index (χ1n) is 8.34. The van der Waals surface area contributed by atoms with E-state index in [9.17, 15) is 0 Å². The normalized spacial score (nSPS) is 11.1. The molecule has 0 amide bonds. The third kappa shape index (κ3) is 4.31. The molecule has 1 N–H and O–H groups in total. The molecule has 26 heavy (non-hydrogen) atoms. The summed E-state index contributed by atoms with van der Waals surface area (Å²) in [6.07, 6.45) is 1.79. The van der Waals surface area contributed by atoms with Crippen molar-refractivity contribution in [1.29, 1.82) is 5.53 Å². The maximum Gasteiger partial charge on any atom is 0.133 e. The molecule has 0 fully saturated rings. The van der Waals surface area contributed by atoms with Crippen LogP contribution in [-0.4, -0.2) is 14.5 Å². The summed E-state index contributed by atoms with van der Waals surface area (Å²) in [5, 5.41) is 5.31. The first kappa shape index (κ1) is 18.6. The molecule has 3 aromatic rings. The summed E-state index contributed by atoms with van der Waals surface area (Å²) in [6, 6.07) is 13.7. The van der Waals surface area contributed by atoms with Gasteiger partial charge in [0, 0.05) is 16.1 Å². The minimum atomic E-state index is 0.253. The molecular weight excluding hydrogens is 366 g/mol. The molecule has 0 aliphatic rings. The SMILES string of the molecule is CC(C)c1nc(CN=N)n(Cc2ccccn2)c1Sc1cccc(Cl)c1. The Kier molecular flexibility index (Phi) is 6.06. The maximum absolute atomic E-state index is 7.28. The first-order chi connectivity index (χ1) is 12.6. The Morgan fingerprint density at radius 3 is 2.73 bits per heavy atom. The van der Waals surface area contributed by atoms with Crippen molar-refractivity contribution >= 4 is 23.4 Å². The topological polar surface area (TPSA) is 66.9 Å². The first-order valence-corrected chi connectivity index (χ1v) is 9.53. The summed E-state index contributed by atoms with van der Waals surface area (Å²) in [6.45, 7) is 5.09. The van der Waals surface area contributed by atoms with Gasteiger partial charge in [0.05, 0.1) is 17.9 Å². The predicted molar refractivity (Wildman–Crippen MR) is 104 cm³/mol. The predicted octanol–water partition coefficient (Wildman–Crippen LogP) is 5.79. The summed E-state index contributed by atoms with van der Waals surface area (Å²) in [4.78, 5) is 10.3. The molecule has 5 nitrogen and oxygen atoms in total. The summed E-state index contributed by atoms with van der Waals surface area (Å²) >= 11 is 7.79. The highest BCUT2D eigenvalue weighted by Crippen LogP contribution is 2.36. The van der Waals surface area contributed by atoms with Crippen molar-refractivity contribution in [1.82, 2.24) is 14.5 Å². The van der Waals surface area contributed by atoms with Crippen LogP contribution in [0.4, 0.5) is 0 Å². The zero-order valence-electron chi connectivity index (χ0n) is 14.7. The fourth-order valence-electron chi connectivity index (χ4n) is 2.64. The molecule has 0 atom stereocenters. The second kappa shape index (κ2) is 8.47. The van der Waals surface area contributed by atoms with E-state index >= 15 is 0 Å². The smallest absolute Gasteiger partial charge is 0.133 e. The fraction of sp³-hybridized carbons (Fsp3) is 0.263. The van der Waals surface area contributed by atoms with Crippen LogP contribution in [0.25, 0.3) is 0 Å². The van der Waals surface area contributed by atoms with Gasteiger partial charge in [-0.1, -0.05) is 49.3 Å². The summed E-state index contributed by atoms with van der Waals surface area (Å²) < 4.78 is 2.11. The number of imidazole rings is 1. The van der Waals surface area contributed by atoms with Crippen molar-refractivity contribution < 1.29 is 0 Å². The minimum Gasteiger partial charge on any atom is -0.315 e. The summed E-state index contributed by atoms with van der Waals surface area (Å²) in [5.74, 6) is 1.03. The van der Waals surface area contributed by atoms with Gasteiger partial charge in [-0.15, -0.1) is 0 Å². The number of pyridine rings is 1. The van der Waals surface area contributed by atoms with E-state index in [1.54, 1.807) is 18.0 Å². The Bertz CT molecular complexity index is 892. The number of halogens is 1. The van der Waals surface area contributed by atoms with Crippen LogP contribution in [0.15, 0.2) is 63.7 Å². The Labute approximate surface area is 162 Å². The Hall–Kier alpha value is -2.18. The highest BCUT2D eigenvalue weighted by atomic mass is 35.5. The molecular formula is C19H20ClN5S. The number of hydrogen-bond acceptors (Lipinski definition) is 5. The molecule has 0 saturated heterocycles. The van der Waals surface area contributed by atoms with E-state index in [0.29, 0.717) is 11.6 Å². The molecule has 3 rings (SSSR count). The molecule has 2 aromatic heterocycles. The monoisotopic (exact) mass is 385 g/mol. The lowest BCUT2D eigenvalue weighted by atomic mass is 10.1. The average molecular weight is 386 g/mol. The molecule has 7 heteroatoms. The van der Waals surface area contributed by atoms with Crippen molar-refractivity contribution in [2.75, 3.05) is 0 Å². The van der Waals surface area contributed by atoms with Crippen LogP contribution in [-0.2, 0) is 13.1 Å². The van der Waals surface area contributed by atoms with Crippen molar-refractivity contribution in [3.8, 4) is 0 Å². The van der Waals surface area contributed by atoms with Crippen LogP contribution >= 0.6 is 23.4 Å². The van der Waals surface area contributed by atoms with Gasteiger partial charge in [-0.25, -0.2) is 10.5 Å². The highest BCUT2D eigenvalue weighted by molar-refractivity contribution is 7.99. The standard InChI is InChI=1S/C19H20ClN5S/c1-13(2)18-19(26-16-8-5-6-14(20)10-16)25(17(24-18)11-23-21)12-15-7-3-4-9-22-15/h3-10,13,21H,11-12H2,1-2H3. The van der Waals surface area contributed by atoms with Crippen LogP contribution in [0.1, 0.15) is 37.0 Å². The van der Waals surface area contributed by atoms with Crippen molar-refractivity contribution in [3.05, 3.63) is 70.9 Å². The van der Waals surface area contributed by atoms with Crippen molar-refractivity contribution in [2.24, 2.45) is 5.11 Å². The average Bonchev–Trinajstić information content (AvgIpc) is 2.94. The Morgan fingerprint density at radius 2 is 2.08 bits per heavy atom. The fourth-order valence-corrected chi connectivity index (χ4v) is 4.11. The third-order valence-corrected chi connectivity index (χ3v) is 5.20. The zero-order valence-corrected chi connectivity index (χ0v) is 16.3. The molecule has 0 aliphatic heterocycles. The lowest BCUT2D eigenvalue weighted by Crippen LogP contribution is -2.07. The molecule has 0 unspecified atom stereocenters. The zero-order chi connectivity index (χ0) is 18.5. The van der Waals surface area contributed by atoms with Crippen LogP contribution in [0.5, 0.6) is 0 Å². The van der Waals surface area contributed by atoms with Crippen LogP contribution in [0.3, 0.4) is 0 Å². The van der Waals surface area contributed by atoms with E-state index in [0.717, 1.165) is 27.1 Å². The van der Waals surface area contributed by atoms with Gasteiger partial charge in [0.1, 0.15) is 17.4 Å². The number of hydrogen-bond donors (Lipinski definition) is 1. The van der Waals surface area contributed by atoms with E-state index < -0.39 is 0 Å². The van der Waals surface area contributed by atoms with Crippen LogP contribution < -0.4 is 0 Å². The van der Waals surface area contributed by atoms with Gasteiger partial charge >= 0.3 is 0 Å². The van der Waals surface area contributed by atoms with E-state index in [4.69, 9.17) is 22.1 Å². The summed E-state index contributed by atoms with van der Waals surface area (Å²) in [7, 11) is 0. The lowest BCUT2D eigenvalue weighted by molar-refractivity contribution is 0.648. The van der Waals surface area contributed by atoms with Crippen molar-refractivity contribution in [2.45, 2.75) is 42.8 Å². The molecule has 0 spiro atoms. The Morgan fingerprint density at radius 1 is 1.23 bits per heavy atom. The van der Waals surface area contributed by atoms with Gasteiger partial charge in [-0.3, -0.25) is 4.98 Å². The van der Waals surface area contributed by atoms with Gasteiger partial charge in [0.2, 0.25) is 0 Å². The lowest BCUT2D eigenvalue weighted by Gasteiger charge is -2.12. The van der Waals surface area contributed by atoms with Crippen LogP contribution in [0, 0.1) is 5.53 Å². The number of rotatable bonds is 7.